The Hall–Kier alpha value is -1.93. The third-order valence-corrected chi connectivity index (χ3v) is 6.73. The second-order valence-corrected chi connectivity index (χ2v) is 8.55. The van der Waals surface area contributed by atoms with Crippen LogP contribution in [0.5, 0.6) is 0 Å². The molecule has 0 spiro atoms. The van der Waals surface area contributed by atoms with Crippen molar-refractivity contribution in [1.29, 1.82) is 0 Å². The van der Waals surface area contributed by atoms with Gasteiger partial charge in [-0.1, -0.05) is 41.9 Å². The van der Waals surface area contributed by atoms with Gasteiger partial charge in [-0.25, -0.2) is 13.2 Å². The predicted octanol–water partition coefficient (Wildman–Crippen LogP) is 2.72. The molecule has 3 rings (SSSR count). The highest BCUT2D eigenvalue weighted by Crippen LogP contribution is 2.32. The molecule has 1 atom stereocenters. The Morgan fingerprint density at radius 2 is 1.85 bits per heavy atom. The number of hydrogen-bond donors (Lipinski definition) is 1. The first-order chi connectivity index (χ1) is 12.3. The van der Waals surface area contributed by atoms with E-state index in [2.05, 4.69) is 4.90 Å². The van der Waals surface area contributed by atoms with Crippen LogP contribution < -0.4 is 0 Å². The van der Waals surface area contributed by atoms with Crippen LogP contribution in [0.3, 0.4) is 0 Å². The second-order valence-electron chi connectivity index (χ2n) is 6.25. The Morgan fingerprint density at radius 1 is 1.15 bits per heavy atom. The van der Waals surface area contributed by atoms with E-state index in [0.717, 1.165) is 11.6 Å². The number of carbonyl (C=O) groups is 1. The zero-order valence-corrected chi connectivity index (χ0v) is 15.7. The summed E-state index contributed by atoms with van der Waals surface area (Å²) in [6.45, 7) is 1.48. The molecule has 138 valence electrons. The number of carboxylic acids is 1. The lowest BCUT2D eigenvalue weighted by atomic mass is 10.1. The van der Waals surface area contributed by atoms with Crippen LogP contribution in [0.25, 0.3) is 0 Å². The quantitative estimate of drug-likeness (QED) is 0.862. The van der Waals surface area contributed by atoms with Gasteiger partial charge in [0.15, 0.2) is 0 Å². The van der Waals surface area contributed by atoms with Gasteiger partial charge in [0.2, 0.25) is 10.0 Å². The number of benzene rings is 2. The smallest absolute Gasteiger partial charge is 0.337 e. The van der Waals surface area contributed by atoms with Crippen LogP contribution in [0.2, 0.25) is 5.02 Å². The molecule has 1 N–H and O–H groups in total. The van der Waals surface area contributed by atoms with E-state index in [9.17, 15) is 18.3 Å². The van der Waals surface area contributed by atoms with Crippen LogP contribution in [0, 0.1) is 0 Å². The SMILES string of the molecule is CN1CCN(S(=O)(=O)c2ccc(Cl)c(C(=O)O)c2)C(c2ccccc2)C1. The van der Waals surface area contributed by atoms with Crippen LogP contribution >= 0.6 is 11.6 Å². The minimum atomic E-state index is -3.87. The van der Waals surface area contributed by atoms with E-state index in [4.69, 9.17) is 11.6 Å². The van der Waals surface area contributed by atoms with Crippen molar-refractivity contribution in [3.63, 3.8) is 0 Å². The van der Waals surface area contributed by atoms with Crippen molar-refractivity contribution >= 4 is 27.6 Å². The first-order valence-corrected chi connectivity index (χ1v) is 9.90. The first-order valence-electron chi connectivity index (χ1n) is 8.09. The molecular formula is C18H19ClN2O4S. The number of hydrogen-bond acceptors (Lipinski definition) is 4. The summed E-state index contributed by atoms with van der Waals surface area (Å²) in [6, 6.07) is 12.9. The van der Waals surface area contributed by atoms with Gasteiger partial charge < -0.3 is 10.0 Å². The standard InChI is InChI=1S/C18H19ClN2O4S/c1-20-9-10-21(17(12-20)13-5-3-2-4-6-13)26(24,25)14-7-8-16(19)15(11-14)18(22)23/h2-8,11,17H,9-10,12H2,1H3,(H,22,23). The average molecular weight is 395 g/mol. The number of nitrogens with zero attached hydrogens (tertiary/aromatic N) is 2. The van der Waals surface area contributed by atoms with E-state index < -0.39 is 16.0 Å². The second kappa shape index (κ2) is 7.36. The van der Waals surface area contributed by atoms with Gasteiger partial charge in [-0.15, -0.1) is 0 Å². The van der Waals surface area contributed by atoms with Gasteiger partial charge in [0.1, 0.15) is 0 Å². The summed E-state index contributed by atoms with van der Waals surface area (Å²) in [5.74, 6) is -1.26. The van der Waals surface area contributed by atoms with Crippen LogP contribution in [0.4, 0.5) is 0 Å². The maximum Gasteiger partial charge on any atom is 0.337 e. The normalized spacial score (nSPS) is 19.4. The molecule has 0 saturated carbocycles. The molecule has 1 saturated heterocycles. The summed E-state index contributed by atoms with van der Waals surface area (Å²) in [5.41, 5.74) is 0.674. The van der Waals surface area contributed by atoms with Crippen molar-refractivity contribution in [3.8, 4) is 0 Å². The summed E-state index contributed by atoms with van der Waals surface area (Å²) in [4.78, 5) is 13.3. The van der Waals surface area contributed by atoms with Crippen LogP contribution in [-0.2, 0) is 10.0 Å². The molecule has 0 amide bonds. The van der Waals surface area contributed by atoms with Crippen molar-refractivity contribution in [2.24, 2.45) is 0 Å². The molecule has 0 aromatic heterocycles. The van der Waals surface area contributed by atoms with Crippen LogP contribution in [0.15, 0.2) is 53.4 Å². The van der Waals surface area contributed by atoms with Gasteiger partial charge in [-0.2, -0.15) is 4.31 Å². The van der Waals surface area contributed by atoms with Crippen molar-refractivity contribution in [1.82, 2.24) is 9.21 Å². The van der Waals surface area contributed by atoms with E-state index in [1.54, 1.807) is 0 Å². The van der Waals surface area contributed by atoms with Gasteiger partial charge in [-0.05, 0) is 30.8 Å². The Kier molecular flexibility index (Phi) is 5.34. The topological polar surface area (TPSA) is 77.9 Å². The van der Waals surface area contributed by atoms with Crippen molar-refractivity contribution < 1.29 is 18.3 Å². The largest absolute Gasteiger partial charge is 0.478 e. The molecule has 8 heteroatoms. The summed E-state index contributed by atoms with van der Waals surface area (Å²) < 4.78 is 27.9. The molecule has 1 heterocycles. The zero-order chi connectivity index (χ0) is 18.9. The molecule has 0 radical (unpaired) electrons. The molecule has 0 aliphatic carbocycles. The van der Waals surface area contributed by atoms with E-state index in [1.165, 1.54) is 16.4 Å². The van der Waals surface area contributed by atoms with Crippen LogP contribution in [0.1, 0.15) is 22.0 Å². The van der Waals surface area contributed by atoms with E-state index >= 15 is 0 Å². The van der Waals surface area contributed by atoms with Crippen LogP contribution in [-0.4, -0.2) is 55.4 Å². The zero-order valence-electron chi connectivity index (χ0n) is 14.2. The highest BCUT2D eigenvalue weighted by atomic mass is 35.5. The number of likely N-dealkylation sites (N-methyl/N-ethyl adjacent to an activating group) is 1. The Bertz CT molecular complexity index is 918. The maximum absolute atomic E-state index is 13.2. The molecule has 1 aliphatic rings. The summed E-state index contributed by atoms with van der Waals surface area (Å²) >= 11 is 5.87. The van der Waals surface area contributed by atoms with E-state index in [1.807, 2.05) is 37.4 Å². The van der Waals surface area contributed by atoms with Gasteiger partial charge in [0.05, 0.1) is 21.5 Å². The molecule has 6 nitrogen and oxygen atoms in total. The third kappa shape index (κ3) is 3.61. The Balaban J connectivity index is 2.04. The Labute approximate surface area is 157 Å². The number of halogens is 1. The lowest BCUT2D eigenvalue weighted by Gasteiger charge is -2.39. The number of carboxylic acid groups (broad SMARTS) is 1. The highest BCUT2D eigenvalue weighted by molar-refractivity contribution is 7.89. The van der Waals surface area contributed by atoms with Gasteiger partial charge in [-0.3, -0.25) is 0 Å². The fourth-order valence-electron chi connectivity index (χ4n) is 3.10. The lowest BCUT2D eigenvalue weighted by molar-refractivity contribution is 0.0697. The molecular weight excluding hydrogens is 376 g/mol. The minimum absolute atomic E-state index is 0.00874. The monoisotopic (exact) mass is 394 g/mol. The number of piperazine rings is 1. The minimum Gasteiger partial charge on any atom is -0.478 e. The molecule has 26 heavy (non-hydrogen) atoms. The molecule has 1 unspecified atom stereocenters. The predicted molar refractivity (Wildman–Crippen MR) is 99.0 cm³/mol. The fraction of sp³-hybridized carbons (Fsp3) is 0.278. The summed E-state index contributed by atoms with van der Waals surface area (Å²) in [5, 5.41) is 9.24. The molecule has 2 aromatic carbocycles. The lowest BCUT2D eigenvalue weighted by Crippen LogP contribution is -2.49. The highest BCUT2D eigenvalue weighted by Gasteiger charge is 2.36. The summed E-state index contributed by atoms with van der Waals surface area (Å²) in [7, 11) is -1.92. The molecule has 2 aromatic rings. The van der Waals surface area contributed by atoms with E-state index in [0.29, 0.717) is 19.6 Å². The number of aromatic carboxylic acids is 1. The number of rotatable bonds is 4. The molecule has 1 aliphatic heterocycles. The van der Waals surface area contributed by atoms with Crippen molar-refractivity contribution in [3.05, 3.63) is 64.7 Å². The summed E-state index contributed by atoms with van der Waals surface area (Å²) in [6.07, 6.45) is 0. The van der Waals surface area contributed by atoms with E-state index in [-0.39, 0.29) is 21.5 Å². The fourth-order valence-corrected chi connectivity index (χ4v) is 4.92. The third-order valence-electron chi connectivity index (χ3n) is 4.49. The number of sulfonamides is 1. The van der Waals surface area contributed by atoms with Gasteiger partial charge >= 0.3 is 5.97 Å². The average Bonchev–Trinajstić information content (AvgIpc) is 2.62. The molecule has 1 fully saturated rings. The molecule has 0 bridgehead atoms. The van der Waals surface area contributed by atoms with Gasteiger partial charge in [0, 0.05) is 19.6 Å². The Morgan fingerprint density at radius 3 is 2.50 bits per heavy atom. The van der Waals surface area contributed by atoms with Crippen molar-refractivity contribution in [2.45, 2.75) is 10.9 Å². The maximum atomic E-state index is 13.2. The first kappa shape index (κ1) is 18.8. The van der Waals surface area contributed by atoms with Gasteiger partial charge in [0.25, 0.3) is 0 Å². The van der Waals surface area contributed by atoms with Crippen molar-refractivity contribution in [2.75, 3.05) is 26.7 Å².